The van der Waals surface area contributed by atoms with E-state index < -0.39 is 0 Å². The molecule has 24 heavy (non-hydrogen) atoms. The van der Waals surface area contributed by atoms with Crippen molar-refractivity contribution in [3.05, 3.63) is 33.8 Å². The third kappa shape index (κ3) is 3.42. The van der Waals surface area contributed by atoms with E-state index in [0.717, 1.165) is 16.3 Å². The summed E-state index contributed by atoms with van der Waals surface area (Å²) in [7, 11) is 0. The van der Waals surface area contributed by atoms with E-state index in [-0.39, 0.29) is 17.7 Å². The lowest BCUT2D eigenvalue weighted by molar-refractivity contribution is -0.117. The maximum atomic E-state index is 12.4. The number of hydrogen-bond donors (Lipinski definition) is 1. The van der Waals surface area contributed by atoms with Crippen molar-refractivity contribution in [1.82, 2.24) is 10.2 Å². The Bertz CT molecular complexity index is 792. The minimum absolute atomic E-state index is 0.0256. The minimum atomic E-state index is -0.101. The van der Waals surface area contributed by atoms with Crippen LogP contribution in [0.5, 0.6) is 0 Å². The molecule has 2 heterocycles. The summed E-state index contributed by atoms with van der Waals surface area (Å²) >= 11 is 7.48. The van der Waals surface area contributed by atoms with Crippen molar-refractivity contribution in [2.24, 2.45) is 0 Å². The van der Waals surface area contributed by atoms with Crippen molar-refractivity contribution in [3.8, 4) is 0 Å². The van der Waals surface area contributed by atoms with Crippen LogP contribution >= 0.6 is 22.9 Å². The first-order chi connectivity index (χ1) is 11.5. The number of hydrogen-bond acceptors (Lipinski definition) is 5. The average molecular weight is 365 g/mol. The van der Waals surface area contributed by atoms with Gasteiger partial charge in [0.25, 0.3) is 0 Å². The number of amides is 2. The molecule has 1 fully saturated rings. The lowest BCUT2D eigenvalue weighted by Crippen LogP contribution is -2.24. The molecule has 0 spiro atoms. The summed E-state index contributed by atoms with van der Waals surface area (Å²) in [4.78, 5) is 25.5. The van der Waals surface area contributed by atoms with Gasteiger partial charge >= 0.3 is 0 Å². The molecule has 1 aliphatic heterocycles. The fourth-order valence-electron chi connectivity index (χ4n) is 2.53. The van der Waals surface area contributed by atoms with Gasteiger partial charge in [0.1, 0.15) is 5.01 Å². The van der Waals surface area contributed by atoms with Gasteiger partial charge in [0, 0.05) is 36.0 Å². The Morgan fingerprint density at radius 2 is 2.25 bits per heavy atom. The van der Waals surface area contributed by atoms with Crippen LogP contribution in [-0.4, -0.2) is 28.6 Å². The molecule has 1 unspecified atom stereocenters. The van der Waals surface area contributed by atoms with E-state index in [1.54, 1.807) is 11.8 Å². The Morgan fingerprint density at radius 1 is 1.46 bits per heavy atom. The number of halogens is 1. The largest absolute Gasteiger partial charge is 0.312 e. The molecule has 0 aliphatic carbocycles. The van der Waals surface area contributed by atoms with Gasteiger partial charge in [-0.25, -0.2) is 0 Å². The molecule has 1 N–H and O–H groups in total. The maximum Gasteiger partial charge on any atom is 0.227 e. The quantitative estimate of drug-likeness (QED) is 0.902. The zero-order valence-electron chi connectivity index (χ0n) is 13.4. The Balaban J connectivity index is 1.74. The second-order valence-corrected chi connectivity index (χ2v) is 7.10. The van der Waals surface area contributed by atoms with Gasteiger partial charge < -0.3 is 10.2 Å². The molecule has 1 atom stereocenters. The predicted octanol–water partition coefficient (Wildman–Crippen LogP) is 3.37. The van der Waals surface area contributed by atoms with Crippen LogP contribution in [0.2, 0.25) is 5.02 Å². The smallest absolute Gasteiger partial charge is 0.227 e. The Kier molecular flexibility index (Phi) is 4.82. The number of nitrogens with one attached hydrogen (secondary N) is 1. The third-order valence-electron chi connectivity index (χ3n) is 3.95. The van der Waals surface area contributed by atoms with Gasteiger partial charge in [-0.3, -0.25) is 9.59 Å². The number of carbonyl (C=O) groups is 2. The van der Waals surface area contributed by atoms with Crippen LogP contribution in [-0.2, 0) is 9.59 Å². The molecule has 3 rings (SSSR count). The van der Waals surface area contributed by atoms with Gasteiger partial charge in [0.15, 0.2) is 0 Å². The van der Waals surface area contributed by atoms with Crippen LogP contribution in [0.25, 0.3) is 0 Å². The Hall–Kier alpha value is -1.99. The van der Waals surface area contributed by atoms with Crippen LogP contribution in [0.1, 0.15) is 36.3 Å². The number of aryl methyl sites for hydroxylation is 1. The molecule has 0 bridgehead atoms. The molecule has 6 nitrogen and oxygen atoms in total. The standard InChI is InChI=1S/C16H17ClN4O2S/c1-3-13(22)18-16-20-19-15(24-16)10-6-14(23)21(8-10)11-5-4-9(2)12(17)7-11/h4-5,7,10H,3,6,8H2,1-2H3,(H,18,20,22). The highest BCUT2D eigenvalue weighted by molar-refractivity contribution is 7.15. The Labute approximate surface area is 148 Å². The van der Waals surface area contributed by atoms with E-state index in [4.69, 9.17) is 11.6 Å². The number of aromatic nitrogens is 2. The molecule has 126 valence electrons. The van der Waals surface area contributed by atoms with E-state index in [1.807, 2.05) is 25.1 Å². The molecule has 1 aliphatic rings. The average Bonchev–Trinajstić information content (AvgIpc) is 3.16. The molecule has 0 radical (unpaired) electrons. The lowest BCUT2D eigenvalue weighted by Gasteiger charge is -2.17. The molecule has 2 amide bonds. The number of carbonyl (C=O) groups excluding carboxylic acids is 2. The second-order valence-electron chi connectivity index (χ2n) is 5.69. The van der Waals surface area contributed by atoms with Crippen LogP contribution in [0, 0.1) is 6.92 Å². The van der Waals surface area contributed by atoms with Crippen LogP contribution < -0.4 is 10.2 Å². The summed E-state index contributed by atoms with van der Waals surface area (Å²) in [6, 6.07) is 5.61. The van der Waals surface area contributed by atoms with E-state index in [9.17, 15) is 9.59 Å². The van der Waals surface area contributed by atoms with Crippen LogP contribution in [0.3, 0.4) is 0 Å². The fraction of sp³-hybridized carbons (Fsp3) is 0.375. The first-order valence-electron chi connectivity index (χ1n) is 7.67. The molecule has 2 aromatic rings. The van der Waals surface area contributed by atoms with Crippen molar-refractivity contribution in [2.45, 2.75) is 32.6 Å². The monoisotopic (exact) mass is 364 g/mol. The van der Waals surface area contributed by atoms with Crippen molar-refractivity contribution in [3.63, 3.8) is 0 Å². The Morgan fingerprint density at radius 3 is 2.96 bits per heavy atom. The number of benzene rings is 1. The summed E-state index contributed by atoms with van der Waals surface area (Å²) in [5.74, 6) is -0.0901. The topological polar surface area (TPSA) is 75.2 Å². The van der Waals surface area contributed by atoms with Crippen LogP contribution in [0.15, 0.2) is 18.2 Å². The van der Waals surface area contributed by atoms with Crippen molar-refractivity contribution >= 4 is 45.6 Å². The molecule has 1 aromatic heterocycles. The highest BCUT2D eigenvalue weighted by Crippen LogP contribution is 2.35. The second kappa shape index (κ2) is 6.86. The third-order valence-corrected chi connectivity index (χ3v) is 5.36. The summed E-state index contributed by atoms with van der Waals surface area (Å²) < 4.78 is 0. The highest BCUT2D eigenvalue weighted by atomic mass is 35.5. The zero-order valence-corrected chi connectivity index (χ0v) is 14.9. The molecular weight excluding hydrogens is 348 g/mol. The molecular formula is C16H17ClN4O2S. The van der Waals surface area contributed by atoms with Gasteiger partial charge in [0.2, 0.25) is 16.9 Å². The fourth-order valence-corrected chi connectivity index (χ4v) is 3.56. The van der Waals surface area contributed by atoms with Gasteiger partial charge in [-0.1, -0.05) is 35.9 Å². The molecule has 8 heteroatoms. The normalized spacial score (nSPS) is 17.4. The lowest BCUT2D eigenvalue weighted by atomic mass is 10.1. The van der Waals surface area contributed by atoms with Gasteiger partial charge in [0.05, 0.1) is 0 Å². The number of anilines is 2. The van der Waals surface area contributed by atoms with E-state index in [2.05, 4.69) is 15.5 Å². The maximum absolute atomic E-state index is 12.4. The van der Waals surface area contributed by atoms with Crippen LogP contribution in [0.4, 0.5) is 10.8 Å². The minimum Gasteiger partial charge on any atom is -0.312 e. The van der Waals surface area contributed by atoms with E-state index >= 15 is 0 Å². The SMILES string of the molecule is CCC(=O)Nc1nnc(C2CC(=O)N(c3ccc(C)c(Cl)c3)C2)s1. The zero-order chi connectivity index (χ0) is 17.3. The van der Waals surface area contributed by atoms with Crippen molar-refractivity contribution < 1.29 is 9.59 Å². The summed E-state index contributed by atoms with van der Waals surface area (Å²) in [5.41, 5.74) is 1.77. The van der Waals surface area contributed by atoms with Gasteiger partial charge in [-0.15, -0.1) is 10.2 Å². The summed E-state index contributed by atoms with van der Waals surface area (Å²) in [5, 5.41) is 12.7. The van der Waals surface area contributed by atoms with Crippen molar-refractivity contribution in [1.29, 1.82) is 0 Å². The highest BCUT2D eigenvalue weighted by Gasteiger charge is 2.34. The molecule has 1 saturated heterocycles. The number of nitrogens with zero attached hydrogens (tertiary/aromatic N) is 3. The van der Waals surface area contributed by atoms with Crippen molar-refractivity contribution in [2.75, 3.05) is 16.8 Å². The molecule has 1 aromatic carbocycles. The first kappa shape index (κ1) is 16.9. The predicted molar refractivity (Wildman–Crippen MR) is 94.7 cm³/mol. The van der Waals surface area contributed by atoms with E-state index in [0.29, 0.717) is 29.5 Å². The number of rotatable bonds is 4. The van der Waals surface area contributed by atoms with E-state index in [1.165, 1.54) is 11.3 Å². The summed E-state index contributed by atoms with van der Waals surface area (Å²) in [6.07, 6.45) is 0.765. The first-order valence-corrected chi connectivity index (χ1v) is 8.87. The van der Waals surface area contributed by atoms with Gasteiger partial charge in [-0.05, 0) is 24.6 Å². The summed E-state index contributed by atoms with van der Waals surface area (Å²) in [6.45, 7) is 4.24. The van der Waals surface area contributed by atoms with Gasteiger partial charge in [-0.2, -0.15) is 0 Å². The molecule has 0 saturated carbocycles.